The molecule has 1 aliphatic rings. The van der Waals surface area contributed by atoms with Crippen molar-refractivity contribution in [1.82, 2.24) is 0 Å². The summed E-state index contributed by atoms with van der Waals surface area (Å²) in [5.41, 5.74) is 3.43. The lowest BCUT2D eigenvalue weighted by molar-refractivity contribution is 0.102. The Labute approximate surface area is 122 Å². The number of aryl methyl sites for hydroxylation is 1. The molecule has 3 rings (SSSR count). The standard InChI is InChI=1S/C16H14ClNO2/c1-10-2-4-13(17)9-14(10)18-16(19)12-3-5-15-11(8-12)6-7-20-15/h2-5,8-9H,6-7H2,1H3,(H,18,19). The number of benzene rings is 2. The lowest BCUT2D eigenvalue weighted by atomic mass is 10.1. The molecule has 0 saturated heterocycles. The van der Waals surface area contributed by atoms with E-state index >= 15 is 0 Å². The van der Waals surface area contributed by atoms with E-state index in [4.69, 9.17) is 16.3 Å². The van der Waals surface area contributed by atoms with Gasteiger partial charge in [-0.2, -0.15) is 0 Å². The molecule has 3 nitrogen and oxygen atoms in total. The summed E-state index contributed by atoms with van der Waals surface area (Å²) in [7, 11) is 0. The van der Waals surface area contributed by atoms with Crippen LogP contribution in [0.4, 0.5) is 5.69 Å². The fourth-order valence-corrected chi connectivity index (χ4v) is 2.42. The van der Waals surface area contributed by atoms with Crippen molar-refractivity contribution in [2.24, 2.45) is 0 Å². The van der Waals surface area contributed by atoms with Crippen LogP contribution >= 0.6 is 11.6 Å². The molecule has 20 heavy (non-hydrogen) atoms. The summed E-state index contributed by atoms with van der Waals surface area (Å²) in [6, 6.07) is 11.0. The molecule has 0 bridgehead atoms. The third kappa shape index (κ3) is 2.49. The molecule has 0 spiro atoms. The highest BCUT2D eigenvalue weighted by Crippen LogP contribution is 2.27. The Hall–Kier alpha value is -2.00. The first-order valence-corrected chi connectivity index (χ1v) is 6.84. The molecule has 0 saturated carbocycles. The van der Waals surface area contributed by atoms with E-state index < -0.39 is 0 Å². The van der Waals surface area contributed by atoms with Crippen molar-refractivity contribution < 1.29 is 9.53 Å². The maximum Gasteiger partial charge on any atom is 0.255 e. The molecule has 4 heteroatoms. The molecule has 102 valence electrons. The largest absolute Gasteiger partial charge is 0.493 e. The Morgan fingerprint density at radius 2 is 2.10 bits per heavy atom. The summed E-state index contributed by atoms with van der Waals surface area (Å²) in [4.78, 5) is 12.3. The summed E-state index contributed by atoms with van der Waals surface area (Å²) < 4.78 is 5.44. The highest BCUT2D eigenvalue weighted by atomic mass is 35.5. The Bertz CT molecular complexity index is 682. The molecule has 1 heterocycles. The number of fused-ring (bicyclic) bond motifs is 1. The van der Waals surface area contributed by atoms with E-state index in [2.05, 4.69) is 5.32 Å². The van der Waals surface area contributed by atoms with Crippen molar-refractivity contribution in [3.05, 3.63) is 58.1 Å². The van der Waals surface area contributed by atoms with Gasteiger partial charge in [0.05, 0.1) is 6.61 Å². The molecule has 0 aliphatic carbocycles. The molecule has 0 atom stereocenters. The molecular formula is C16H14ClNO2. The number of rotatable bonds is 2. The van der Waals surface area contributed by atoms with Gasteiger partial charge >= 0.3 is 0 Å². The number of hydrogen-bond donors (Lipinski definition) is 1. The molecule has 1 N–H and O–H groups in total. The fourth-order valence-electron chi connectivity index (χ4n) is 2.25. The molecule has 0 radical (unpaired) electrons. The lowest BCUT2D eigenvalue weighted by Crippen LogP contribution is -2.12. The van der Waals surface area contributed by atoms with Gasteiger partial charge < -0.3 is 10.1 Å². The van der Waals surface area contributed by atoms with Gasteiger partial charge in [0.2, 0.25) is 0 Å². The van der Waals surface area contributed by atoms with Gasteiger partial charge in [-0.3, -0.25) is 4.79 Å². The first-order valence-electron chi connectivity index (χ1n) is 6.47. The average molecular weight is 288 g/mol. The summed E-state index contributed by atoms with van der Waals surface area (Å²) in [6.07, 6.45) is 0.854. The number of amides is 1. The average Bonchev–Trinajstić information content (AvgIpc) is 2.90. The van der Waals surface area contributed by atoms with Crippen molar-refractivity contribution in [3.8, 4) is 5.75 Å². The molecule has 1 aliphatic heterocycles. The number of carbonyl (C=O) groups is 1. The Morgan fingerprint density at radius 3 is 2.95 bits per heavy atom. The molecule has 2 aromatic carbocycles. The van der Waals surface area contributed by atoms with E-state index in [-0.39, 0.29) is 5.91 Å². The van der Waals surface area contributed by atoms with Gasteiger partial charge in [0, 0.05) is 22.7 Å². The van der Waals surface area contributed by atoms with Crippen LogP contribution in [-0.2, 0) is 6.42 Å². The maximum atomic E-state index is 12.3. The molecule has 2 aromatic rings. The number of hydrogen-bond acceptors (Lipinski definition) is 2. The number of ether oxygens (including phenoxy) is 1. The Kier molecular flexibility index (Phi) is 3.36. The summed E-state index contributed by atoms with van der Waals surface area (Å²) in [5.74, 6) is 0.741. The topological polar surface area (TPSA) is 38.3 Å². The number of anilines is 1. The first-order chi connectivity index (χ1) is 9.63. The summed E-state index contributed by atoms with van der Waals surface area (Å²) in [5, 5.41) is 3.50. The van der Waals surface area contributed by atoms with Crippen LogP contribution < -0.4 is 10.1 Å². The minimum atomic E-state index is -0.134. The van der Waals surface area contributed by atoms with Gasteiger partial charge in [-0.05, 0) is 48.4 Å². The van der Waals surface area contributed by atoms with E-state index in [0.717, 1.165) is 29.0 Å². The van der Waals surface area contributed by atoms with Gasteiger partial charge in [0.1, 0.15) is 5.75 Å². The highest BCUT2D eigenvalue weighted by molar-refractivity contribution is 6.31. The van der Waals surface area contributed by atoms with Crippen molar-refractivity contribution in [1.29, 1.82) is 0 Å². The number of nitrogens with one attached hydrogen (secondary N) is 1. The van der Waals surface area contributed by atoms with E-state index in [0.29, 0.717) is 17.2 Å². The van der Waals surface area contributed by atoms with Crippen LogP contribution in [0.1, 0.15) is 21.5 Å². The van der Waals surface area contributed by atoms with Crippen LogP contribution in [0, 0.1) is 6.92 Å². The number of halogens is 1. The normalized spacial score (nSPS) is 12.7. The number of carbonyl (C=O) groups excluding carboxylic acids is 1. The third-order valence-electron chi connectivity index (χ3n) is 3.40. The second-order valence-electron chi connectivity index (χ2n) is 4.83. The molecule has 0 fully saturated rings. The Balaban J connectivity index is 1.84. The third-order valence-corrected chi connectivity index (χ3v) is 3.63. The first kappa shape index (κ1) is 13.0. The summed E-state index contributed by atoms with van der Waals surface area (Å²) >= 11 is 5.96. The van der Waals surface area contributed by atoms with E-state index in [1.54, 1.807) is 18.2 Å². The van der Waals surface area contributed by atoms with E-state index in [9.17, 15) is 4.79 Å². The van der Waals surface area contributed by atoms with Crippen molar-refractivity contribution in [2.75, 3.05) is 11.9 Å². The lowest BCUT2D eigenvalue weighted by Gasteiger charge is -2.09. The van der Waals surface area contributed by atoms with Gasteiger partial charge in [0.25, 0.3) is 5.91 Å². The van der Waals surface area contributed by atoms with Gasteiger partial charge in [-0.1, -0.05) is 17.7 Å². The predicted molar refractivity (Wildman–Crippen MR) is 79.8 cm³/mol. The van der Waals surface area contributed by atoms with Crippen LogP contribution in [-0.4, -0.2) is 12.5 Å². The van der Waals surface area contributed by atoms with Gasteiger partial charge in [0.15, 0.2) is 0 Å². The Morgan fingerprint density at radius 1 is 1.25 bits per heavy atom. The molecule has 0 aromatic heterocycles. The zero-order valence-corrected chi connectivity index (χ0v) is 11.8. The zero-order valence-electron chi connectivity index (χ0n) is 11.1. The second kappa shape index (κ2) is 5.17. The van der Waals surface area contributed by atoms with Crippen molar-refractivity contribution >= 4 is 23.2 Å². The van der Waals surface area contributed by atoms with Crippen molar-refractivity contribution in [3.63, 3.8) is 0 Å². The zero-order chi connectivity index (χ0) is 14.1. The smallest absolute Gasteiger partial charge is 0.255 e. The van der Waals surface area contributed by atoms with Crippen LogP contribution in [0.2, 0.25) is 5.02 Å². The monoisotopic (exact) mass is 287 g/mol. The van der Waals surface area contributed by atoms with Gasteiger partial charge in [-0.15, -0.1) is 0 Å². The highest BCUT2D eigenvalue weighted by Gasteiger charge is 2.15. The quantitative estimate of drug-likeness (QED) is 0.911. The second-order valence-corrected chi connectivity index (χ2v) is 5.27. The summed E-state index contributed by atoms with van der Waals surface area (Å²) in [6.45, 7) is 2.62. The minimum Gasteiger partial charge on any atom is -0.493 e. The predicted octanol–water partition coefficient (Wildman–Crippen LogP) is 3.84. The van der Waals surface area contributed by atoms with Crippen LogP contribution in [0.3, 0.4) is 0 Å². The van der Waals surface area contributed by atoms with E-state index in [1.165, 1.54) is 0 Å². The van der Waals surface area contributed by atoms with Crippen LogP contribution in [0.25, 0.3) is 0 Å². The minimum absolute atomic E-state index is 0.134. The van der Waals surface area contributed by atoms with Crippen molar-refractivity contribution in [2.45, 2.75) is 13.3 Å². The molecule has 0 unspecified atom stereocenters. The maximum absolute atomic E-state index is 12.3. The fraction of sp³-hybridized carbons (Fsp3) is 0.188. The van der Waals surface area contributed by atoms with E-state index in [1.807, 2.05) is 25.1 Å². The molecule has 1 amide bonds. The van der Waals surface area contributed by atoms with Crippen LogP contribution in [0.15, 0.2) is 36.4 Å². The van der Waals surface area contributed by atoms with Gasteiger partial charge in [-0.25, -0.2) is 0 Å². The SMILES string of the molecule is Cc1ccc(Cl)cc1NC(=O)c1ccc2c(c1)CCO2. The molecular weight excluding hydrogens is 274 g/mol. The van der Waals surface area contributed by atoms with Crippen LogP contribution in [0.5, 0.6) is 5.75 Å².